The highest BCUT2D eigenvalue weighted by molar-refractivity contribution is 5.82. The molecule has 6 nitrogen and oxygen atoms in total. The first-order valence-electron chi connectivity index (χ1n) is 9.41. The highest BCUT2D eigenvalue weighted by Gasteiger charge is 2.38. The Kier molecular flexibility index (Phi) is 4.88. The van der Waals surface area contributed by atoms with E-state index in [2.05, 4.69) is 4.98 Å². The Morgan fingerprint density at radius 1 is 1.07 bits per heavy atom. The molecule has 3 heterocycles. The second kappa shape index (κ2) is 7.47. The van der Waals surface area contributed by atoms with Gasteiger partial charge in [0.25, 0.3) is 5.91 Å². The molecule has 0 spiro atoms. The van der Waals surface area contributed by atoms with Crippen molar-refractivity contribution < 1.29 is 19.0 Å². The number of carbonyl (C=O) groups excluding carboxylic acids is 1. The number of amides is 1. The first kappa shape index (κ1) is 17.6. The largest absolute Gasteiger partial charge is 0.482 e. The fraction of sp³-hybridized carbons (Fsp3) is 0.429. The van der Waals surface area contributed by atoms with Gasteiger partial charge >= 0.3 is 0 Å². The Balaban J connectivity index is 1.35. The fourth-order valence-electron chi connectivity index (χ4n) is 3.52. The summed E-state index contributed by atoms with van der Waals surface area (Å²) < 4.78 is 17.8. The van der Waals surface area contributed by atoms with E-state index >= 15 is 0 Å². The molecule has 1 amide bonds. The van der Waals surface area contributed by atoms with Gasteiger partial charge in [0, 0.05) is 37.7 Å². The van der Waals surface area contributed by atoms with Crippen LogP contribution in [0.2, 0.25) is 0 Å². The summed E-state index contributed by atoms with van der Waals surface area (Å²) in [7, 11) is 0. The van der Waals surface area contributed by atoms with E-state index in [1.54, 1.807) is 0 Å². The van der Waals surface area contributed by atoms with Gasteiger partial charge < -0.3 is 19.1 Å². The fourth-order valence-corrected chi connectivity index (χ4v) is 3.52. The maximum Gasteiger partial charge on any atom is 0.267 e. The van der Waals surface area contributed by atoms with Crippen molar-refractivity contribution in [2.45, 2.75) is 45.0 Å². The lowest BCUT2D eigenvalue weighted by molar-refractivity contribution is -0.146. The number of benzene rings is 1. The minimum absolute atomic E-state index is 0.0240. The van der Waals surface area contributed by atoms with Crippen molar-refractivity contribution in [3.05, 3.63) is 48.2 Å². The van der Waals surface area contributed by atoms with Crippen molar-refractivity contribution in [1.82, 2.24) is 9.88 Å². The number of aromatic nitrogens is 1. The molecule has 1 aromatic heterocycles. The molecule has 142 valence electrons. The van der Waals surface area contributed by atoms with Crippen LogP contribution < -0.4 is 14.2 Å². The number of piperidine rings is 1. The SMILES string of the molecule is Cc1cccc(OC2CCN(C(=O)[C@H]3Oc4ccccc4O[C@H]3C)CC2)n1. The van der Waals surface area contributed by atoms with Gasteiger partial charge in [-0.05, 0) is 32.0 Å². The number of aryl methyl sites for hydroxylation is 1. The Hall–Kier alpha value is -2.76. The maximum absolute atomic E-state index is 13.0. The molecule has 1 aromatic carbocycles. The molecule has 0 aliphatic carbocycles. The lowest BCUT2D eigenvalue weighted by atomic mass is 10.1. The predicted molar refractivity (Wildman–Crippen MR) is 100 cm³/mol. The normalized spacial score (nSPS) is 22.4. The molecule has 0 N–H and O–H groups in total. The van der Waals surface area contributed by atoms with Crippen LogP contribution in [0.1, 0.15) is 25.5 Å². The molecule has 0 radical (unpaired) electrons. The summed E-state index contributed by atoms with van der Waals surface area (Å²) in [4.78, 5) is 19.2. The average molecular weight is 368 g/mol. The molecule has 6 heteroatoms. The van der Waals surface area contributed by atoms with Crippen molar-refractivity contribution in [2.75, 3.05) is 13.1 Å². The number of carbonyl (C=O) groups is 1. The van der Waals surface area contributed by atoms with E-state index in [0.717, 1.165) is 18.5 Å². The Morgan fingerprint density at radius 2 is 1.78 bits per heavy atom. The summed E-state index contributed by atoms with van der Waals surface area (Å²) in [6.45, 7) is 5.10. The second-order valence-corrected chi connectivity index (χ2v) is 7.07. The number of nitrogens with zero attached hydrogens (tertiary/aromatic N) is 2. The number of rotatable bonds is 3. The quantitative estimate of drug-likeness (QED) is 0.834. The van der Waals surface area contributed by atoms with Gasteiger partial charge in [-0.15, -0.1) is 0 Å². The highest BCUT2D eigenvalue weighted by atomic mass is 16.6. The molecular weight excluding hydrogens is 344 g/mol. The molecule has 2 aliphatic rings. The van der Waals surface area contributed by atoms with Gasteiger partial charge in [0.1, 0.15) is 12.2 Å². The molecule has 1 saturated heterocycles. The van der Waals surface area contributed by atoms with Crippen molar-refractivity contribution in [1.29, 1.82) is 0 Å². The zero-order valence-corrected chi connectivity index (χ0v) is 15.6. The number of hydrogen-bond acceptors (Lipinski definition) is 5. The number of pyridine rings is 1. The number of ether oxygens (including phenoxy) is 3. The van der Waals surface area contributed by atoms with Crippen LogP contribution in [0.4, 0.5) is 0 Å². The zero-order chi connectivity index (χ0) is 18.8. The van der Waals surface area contributed by atoms with Gasteiger partial charge in [-0.25, -0.2) is 4.98 Å². The van der Waals surface area contributed by atoms with Gasteiger partial charge in [-0.2, -0.15) is 0 Å². The summed E-state index contributed by atoms with van der Waals surface area (Å²) >= 11 is 0. The number of fused-ring (bicyclic) bond motifs is 1. The Bertz CT molecular complexity index is 817. The van der Waals surface area contributed by atoms with Crippen LogP contribution in [0, 0.1) is 6.92 Å². The van der Waals surface area contributed by atoms with Crippen molar-refractivity contribution in [3.8, 4) is 17.4 Å². The minimum Gasteiger partial charge on any atom is -0.482 e. The summed E-state index contributed by atoms with van der Waals surface area (Å²) in [5, 5.41) is 0. The van der Waals surface area contributed by atoms with Crippen molar-refractivity contribution in [3.63, 3.8) is 0 Å². The molecule has 2 atom stereocenters. The monoisotopic (exact) mass is 368 g/mol. The van der Waals surface area contributed by atoms with E-state index in [1.165, 1.54) is 0 Å². The lowest BCUT2D eigenvalue weighted by Crippen LogP contribution is -2.53. The third-order valence-electron chi connectivity index (χ3n) is 4.99. The molecule has 4 rings (SSSR count). The highest BCUT2D eigenvalue weighted by Crippen LogP contribution is 2.34. The van der Waals surface area contributed by atoms with Crippen molar-refractivity contribution in [2.24, 2.45) is 0 Å². The summed E-state index contributed by atoms with van der Waals surface area (Å²) in [5.74, 6) is 1.93. The van der Waals surface area contributed by atoms with Crippen LogP contribution in [0.3, 0.4) is 0 Å². The topological polar surface area (TPSA) is 60.9 Å². The standard InChI is InChI=1S/C21H24N2O4/c1-14-6-5-9-19(22-14)26-16-10-12-23(13-11-16)21(24)20-15(2)25-17-7-3-4-8-18(17)27-20/h3-9,15-16,20H,10-13H2,1-2H3/t15-,20-/m0/s1. The van der Waals surface area contributed by atoms with Gasteiger partial charge in [-0.3, -0.25) is 4.79 Å². The third-order valence-corrected chi connectivity index (χ3v) is 4.99. The van der Waals surface area contributed by atoms with Gasteiger partial charge in [0.05, 0.1) is 0 Å². The molecular formula is C21H24N2O4. The molecule has 0 saturated carbocycles. The Morgan fingerprint density at radius 3 is 2.48 bits per heavy atom. The summed E-state index contributed by atoms with van der Waals surface area (Å²) in [6.07, 6.45) is 0.693. The lowest BCUT2D eigenvalue weighted by Gasteiger charge is -2.37. The molecule has 27 heavy (non-hydrogen) atoms. The summed E-state index contributed by atoms with van der Waals surface area (Å²) in [6, 6.07) is 13.2. The maximum atomic E-state index is 13.0. The van der Waals surface area contributed by atoms with Crippen LogP contribution >= 0.6 is 0 Å². The molecule has 0 unspecified atom stereocenters. The zero-order valence-electron chi connectivity index (χ0n) is 15.6. The minimum atomic E-state index is -0.615. The number of likely N-dealkylation sites (tertiary alicyclic amines) is 1. The molecule has 2 aliphatic heterocycles. The number of hydrogen-bond donors (Lipinski definition) is 0. The van der Waals surface area contributed by atoms with E-state index in [9.17, 15) is 4.79 Å². The van der Waals surface area contributed by atoms with Crippen LogP contribution in [-0.2, 0) is 4.79 Å². The number of para-hydroxylation sites is 2. The van der Waals surface area contributed by atoms with Crippen LogP contribution in [0.5, 0.6) is 17.4 Å². The molecule has 1 fully saturated rings. The van der Waals surface area contributed by atoms with E-state index in [0.29, 0.717) is 30.5 Å². The second-order valence-electron chi connectivity index (χ2n) is 7.07. The third kappa shape index (κ3) is 3.84. The van der Waals surface area contributed by atoms with Crippen LogP contribution in [-0.4, -0.2) is 47.2 Å². The van der Waals surface area contributed by atoms with E-state index < -0.39 is 6.10 Å². The van der Waals surface area contributed by atoms with E-state index in [-0.39, 0.29) is 18.1 Å². The Labute approximate surface area is 159 Å². The van der Waals surface area contributed by atoms with Gasteiger partial charge in [0.2, 0.25) is 12.0 Å². The predicted octanol–water partition coefficient (Wildman–Crippen LogP) is 2.99. The summed E-state index contributed by atoms with van der Waals surface area (Å²) in [5.41, 5.74) is 0.934. The van der Waals surface area contributed by atoms with Crippen LogP contribution in [0.15, 0.2) is 42.5 Å². The molecule has 0 bridgehead atoms. The first-order valence-corrected chi connectivity index (χ1v) is 9.41. The smallest absolute Gasteiger partial charge is 0.267 e. The van der Waals surface area contributed by atoms with Crippen molar-refractivity contribution >= 4 is 5.91 Å². The van der Waals surface area contributed by atoms with Gasteiger partial charge in [-0.1, -0.05) is 18.2 Å². The first-order chi connectivity index (χ1) is 13.1. The van der Waals surface area contributed by atoms with E-state index in [1.807, 2.05) is 61.2 Å². The average Bonchev–Trinajstić information content (AvgIpc) is 2.67. The van der Waals surface area contributed by atoms with E-state index in [4.69, 9.17) is 14.2 Å². The molecule has 2 aromatic rings. The van der Waals surface area contributed by atoms with Gasteiger partial charge in [0.15, 0.2) is 11.5 Å². The van der Waals surface area contributed by atoms with Crippen LogP contribution in [0.25, 0.3) is 0 Å².